The highest BCUT2D eigenvalue weighted by Gasteiger charge is 2.15. The number of carbonyl (C=O) groups is 1. The van der Waals surface area contributed by atoms with Crippen molar-refractivity contribution in [2.45, 2.75) is 13.0 Å². The van der Waals surface area contributed by atoms with Gasteiger partial charge in [0.15, 0.2) is 5.69 Å². The number of anilines is 1. The van der Waals surface area contributed by atoms with Gasteiger partial charge < -0.3 is 10.6 Å². The molecule has 0 radical (unpaired) electrons. The van der Waals surface area contributed by atoms with Gasteiger partial charge in [-0.05, 0) is 29.8 Å². The highest BCUT2D eigenvalue weighted by Crippen LogP contribution is 2.17. The smallest absolute Gasteiger partial charge is 0.276 e. The van der Waals surface area contributed by atoms with Crippen molar-refractivity contribution in [3.63, 3.8) is 0 Å². The lowest BCUT2D eigenvalue weighted by molar-refractivity contribution is 0.102. The molecule has 8 heteroatoms. The Morgan fingerprint density at radius 3 is 2.96 bits per heavy atom. The predicted octanol–water partition coefficient (Wildman–Crippen LogP) is 2.73. The van der Waals surface area contributed by atoms with Gasteiger partial charge in [-0.2, -0.15) is 5.10 Å². The molecule has 0 unspecified atom stereocenters. The minimum absolute atomic E-state index is 0. The van der Waals surface area contributed by atoms with E-state index in [4.69, 9.17) is 0 Å². The van der Waals surface area contributed by atoms with Crippen LogP contribution in [0, 0.1) is 5.82 Å². The molecule has 1 aliphatic heterocycles. The summed E-state index contributed by atoms with van der Waals surface area (Å²) in [6, 6.07) is 9.74. The molecule has 0 saturated carbocycles. The van der Waals surface area contributed by atoms with Crippen molar-refractivity contribution in [3.8, 4) is 5.69 Å². The van der Waals surface area contributed by atoms with Crippen LogP contribution in [0.25, 0.3) is 5.69 Å². The Hall–Kier alpha value is -2.77. The second kappa shape index (κ2) is 7.63. The molecule has 26 heavy (non-hydrogen) atoms. The molecule has 134 valence electrons. The molecule has 1 aliphatic rings. The average Bonchev–Trinajstić information content (AvgIpc) is 3.12. The quantitative estimate of drug-likeness (QED) is 0.740. The third-order valence-corrected chi connectivity index (χ3v) is 4.09. The van der Waals surface area contributed by atoms with E-state index in [1.807, 2.05) is 6.07 Å². The molecule has 3 heterocycles. The summed E-state index contributed by atoms with van der Waals surface area (Å²) < 4.78 is 15.2. The Labute approximate surface area is 155 Å². The molecule has 6 nitrogen and oxygen atoms in total. The lowest BCUT2D eigenvalue weighted by Gasteiger charge is -2.16. The molecule has 0 bridgehead atoms. The van der Waals surface area contributed by atoms with Crippen molar-refractivity contribution >= 4 is 24.0 Å². The third-order valence-electron chi connectivity index (χ3n) is 4.09. The van der Waals surface area contributed by atoms with Crippen molar-refractivity contribution < 1.29 is 9.18 Å². The van der Waals surface area contributed by atoms with Gasteiger partial charge in [-0.1, -0.05) is 12.1 Å². The molecule has 2 N–H and O–H groups in total. The molecule has 3 aromatic rings. The van der Waals surface area contributed by atoms with Crippen molar-refractivity contribution in [3.05, 3.63) is 71.6 Å². The summed E-state index contributed by atoms with van der Waals surface area (Å²) in [5.74, 6) is -0.760. The van der Waals surface area contributed by atoms with Crippen LogP contribution in [0.4, 0.5) is 10.1 Å². The molecular weight excluding hydrogens is 357 g/mol. The normalized spacial score (nSPS) is 12.8. The topological polar surface area (TPSA) is 71.8 Å². The van der Waals surface area contributed by atoms with Gasteiger partial charge in [0.05, 0.1) is 11.9 Å². The first-order chi connectivity index (χ1) is 12.2. The van der Waals surface area contributed by atoms with Gasteiger partial charge in [-0.3, -0.25) is 9.78 Å². The van der Waals surface area contributed by atoms with Gasteiger partial charge >= 0.3 is 0 Å². The third kappa shape index (κ3) is 3.58. The number of halogens is 2. The Bertz CT molecular complexity index is 943. The second-order valence-electron chi connectivity index (χ2n) is 5.81. The number of rotatable bonds is 3. The number of hydrogen-bond acceptors (Lipinski definition) is 4. The Kier molecular flexibility index (Phi) is 5.29. The van der Waals surface area contributed by atoms with Crippen LogP contribution in [0.15, 0.2) is 48.8 Å². The van der Waals surface area contributed by atoms with Crippen LogP contribution in [-0.4, -0.2) is 27.2 Å². The zero-order valence-corrected chi connectivity index (χ0v) is 14.6. The first-order valence-corrected chi connectivity index (χ1v) is 8.01. The van der Waals surface area contributed by atoms with E-state index in [1.165, 1.54) is 10.7 Å². The van der Waals surface area contributed by atoms with Crippen LogP contribution < -0.4 is 10.6 Å². The van der Waals surface area contributed by atoms with E-state index >= 15 is 0 Å². The SMILES string of the molecule is Cl.O=C(Nc1cnc2c(c1)CNCC2)c1ccn(-c2ccccc2F)n1. The zero-order chi connectivity index (χ0) is 17.2. The minimum atomic E-state index is -0.399. The summed E-state index contributed by atoms with van der Waals surface area (Å²) in [6.45, 7) is 1.66. The molecule has 0 atom stereocenters. The molecule has 0 spiro atoms. The van der Waals surface area contributed by atoms with E-state index in [0.717, 1.165) is 30.8 Å². The molecule has 0 saturated heterocycles. The molecule has 1 aromatic carbocycles. The zero-order valence-electron chi connectivity index (χ0n) is 13.8. The van der Waals surface area contributed by atoms with Crippen LogP contribution in [0.5, 0.6) is 0 Å². The van der Waals surface area contributed by atoms with Gasteiger partial charge in [-0.25, -0.2) is 9.07 Å². The van der Waals surface area contributed by atoms with Crippen molar-refractivity contribution in [2.75, 3.05) is 11.9 Å². The van der Waals surface area contributed by atoms with Crippen molar-refractivity contribution in [1.29, 1.82) is 0 Å². The summed E-state index contributed by atoms with van der Waals surface area (Å²) in [5, 5.41) is 10.2. The standard InChI is InChI=1S/C18H16FN5O.ClH/c19-14-3-1-2-4-17(14)24-8-6-16(23-24)18(25)22-13-9-12-10-20-7-5-15(12)21-11-13;/h1-4,6,8-9,11,20H,5,7,10H2,(H,22,25);1H. The Balaban J connectivity index is 0.00000196. The number of fused-ring (bicyclic) bond motifs is 1. The lowest BCUT2D eigenvalue weighted by atomic mass is 10.1. The number of hydrogen-bond donors (Lipinski definition) is 2. The maximum Gasteiger partial charge on any atom is 0.276 e. The highest BCUT2D eigenvalue weighted by atomic mass is 35.5. The van der Waals surface area contributed by atoms with Crippen LogP contribution in [-0.2, 0) is 13.0 Å². The van der Waals surface area contributed by atoms with Gasteiger partial charge in [0.1, 0.15) is 11.5 Å². The van der Waals surface area contributed by atoms with E-state index < -0.39 is 5.82 Å². The number of aromatic nitrogens is 3. The highest BCUT2D eigenvalue weighted by molar-refractivity contribution is 6.02. The maximum atomic E-state index is 13.8. The Morgan fingerprint density at radius 2 is 2.12 bits per heavy atom. The molecule has 0 fully saturated rings. The molecule has 1 amide bonds. The number of benzene rings is 1. The van der Waals surface area contributed by atoms with Gasteiger partial charge in [0.2, 0.25) is 0 Å². The monoisotopic (exact) mass is 373 g/mol. The van der Waals surface area contributed by atoms with Crippen LogP contribution in [0.1, 0.15) is 21.7 Å². The number of para-hydroxylation sites is 1. The molecule has 2 aromatic heterocycles. The fourth-order valence-electron chi connectivity index (χ4n) is 2.83. The fourth-order valence-corrected chi connectivity index (χ4v) is 2.83. The van der Waals surface area contributed by atoms with Crippen LogP contribution in [0.2, 0.25) is 0 Å². The number of amides is 1. The number of pyridine rings is 1. The summed E-state index contributed by atoms with van der Waals surface area (Å²) in [6.07, 6.45) is 4.09. The van der Waals surface area contributed by atoms with Crippen molar-refractivity contribution in [1.82, 2.24) is 20.1 Å². The summed E-state index contributed by atoms with van der Waals surface area (Å²) >= 11 is 0. The van der Waals surface area contributed by atoms with E-state index in [-0.39, 0.29) is 24.0 Å². The van der Waals surface area contributed by atoms with E-state index in [1.54, 1.807) is 36.7 Å². The number of nitrogens with one attached hydrogen (secondary N) is 2. The van der Waals surface area contributed by atoms with Crippen LogP contribution in [0.3, 0.4) is 0 Å². The second-order valence-corrected chi connectivity index (χ2v) is 5.81. The number of nitrogens with zero attached hydrogens (tertiary/aromatic N) is 3. The fraction of sp³-hybridized carbons (Fsp3) is 0.167. The number of carbonyl (C=O) groups excluding carboxylic acids is 1. The summed E-state index contributed by atoms with van der Waals surface area (Å²) in [4.78, 5) is 16.8. The predicted molar refractivity (Wildman–Crippen MR) is 98.4 cm³/mol. The largest absolute Gasteiger partial charge is 0.319 e. The van der Waals surface area contributed by atoms with E-state index in [0.29, 0.717) is 11.4 Å². The van der Waals surface area contributed by atoms with Gasteiger partial charge in [0.25, 0.3) is 5.91 Å². The average molecular weight is 374 g/mol. The summed E-state index contributed by atoms with van der Waals surface area (Å²) in [5.41, 5.74) is 3.26. The van der Waals surface area contributed by atoms with Gasteiger partial charge in [-0.15, -0.1) is 12.4 Å². The van der Waals surface area contributed by atoms with E-state index in [2.05, 4.69) is 20.7 Å². The maximum absolute atomic E-state index is 13.8. The van der Waals surface area contributed by atoms with Gasteiger partial charge in [0, 0.05) is 31.4 Å². The lowest BCUT2D eigenvalue weighted by Crippen LogP contribution is -2.25. The summed E-state index contributed by atoms with van der Waals surface area (Å²) in [7, 11) is 0. The molecule has 4 rings (SSSR count). The first-order valence-electron chi connectivity index (χ1n) is 8.01. The first kappa shape index (κ1) is 18.0. The molecule has 0 aliphatic carbocycles. The van der Waals surface area contributed by atoms with Crippen molar-refractivity contribution in [2.24, 2.45) is 0 Å². The van der Waals surface area contributed by atoms with Crippen LogP contribution >= 0.6 is 12.4 Å². The molecular formula is C18H17ClFN5O. The van der Waals surface area contributed by atoms with E-state index in [9.17, 15) is 9.18 Å². The Morgan fingerprint density at radius 1 is 1.27 bits per heavy atom. The minimum Gasteiger partial charge on any atom is -0.319 e.